The Balaban J connectivity index is 2.11. The van der Waals surface area contributed by atoms with Crippen molar-refractivity contribution in [3.63, 3.8) is 0 Å². The van der Waals surface area contributed by atoms with Crippen molar-refractivity contribution in [2.45, 2.75) is 20.8 Å². The highest BCUT2D eigenvalue weighted by Crippen LogP contribution is 2.38. The summed E-state index contributed by atoms with van der Waals surface area (Å²) in [5, 5.41) is 0.194. The molecule has 0 fully saturated rings. The summed E-state index contributed by atoms with van der Waals surface area (Å²) in [4.78, 5) is 26.7. The monoisotopic (exact) mass is 435 g/mol. The molecular weight excluding hydrogens is 411 g/mol. The van der Waals surface area contributed by atoms with Crippen molar-refractivity contribution >= 4 is 24.4 Å². The third kappa shape index (κ3) is 4.28. The minimum absolute atomic E-state index is 0.0959. The maximum absolute atomic E-state index is 13.4. The van der Waals surface area contributed by atoms with Gasteiger partial charge in [0.2, 0.25) is 0 Å². The van der Waals surface area contributed by atoms with Crippen LogP contribution in [0.4, 0.5) is 0 Å². The molecule has 6 heteroatoms. The lowest BCUT2D eigenvalue weighted by Gasteiger charge is -2.14. The third-order valence-corrected chi connectivity index (χ3v) is 6.52. The van der Waals surface area contributed by atoms with Crippen LogP contribution in [0.1, 0.15) is 43.0 Å². The number of hydrogen-bond donors (Lipinski definition) is 0. The van der Waals surface area contributed by atoms with Crippen LogP contribution >= 0.6 is 7.80 Å². The predicted octanol–water partition coefficient (Wildman–Crippen LogP) is 5.15. The van der Waals surface area contributed by atoms with Gasteiger partial charge < -0.3 is 9.47 Å². The number of carbonyl (C=O) groups is 2. The van der Waals surface area contributed by atoms with Gasteiger partial charge in [0.25, 0.3) is 5.52 Å². The molecule has 0 heterocycles. The molecule has 5 nitrogen and oxygen atoms in total. The van der Waals surface area contributed by atoms with E-state index in [1.54, 1.807) is 42.5 Å². The number of rotatable bonds is 7. The van der Waals surface area contributed by atoms with E-state index >= 15 is 0 Å². The minimum Gasteiger partial charge on any atom is -0.496 e. The van der Waals surface area contributed by atoms with Gasteiger partial charge in [0.15, 0.2) is 13.6 Å². The molecule has 0 aliphatic carbocycles. The molecule has 1 unspecified atom stereocenters. The van der Waals surface area contributed by atoms with E-state index in [2.05, 4.69) is 0 Å². The van der Waals surface area contributed by atoms with Gasteiger partial charge >= 0.3 is 0 Å². The van der Waals surface area contributed by atoms with Crippen LogP contribution < -0.4 is 14.8 Å². The summed E-state index contributed by atoms with van der Waals surface area (Å²) in [5.41, 5.74) is 2.99. The van der Waals surface area contributed by atoms with Crippen LogP contribution in [0.25, 0.3) is 0 Å². The third-order valence-electron chi connectivity index (χ3n) is 5.10. The molecule has 31 heavy (non-hydrogen) atoms. The molecule has 3 aromatic rings. The molecule has 3 aromatic carbocycles. The lowest BCUT2D eigenvalue weighted by atomic mass is 9.93. The second-order valence-corrected chi connectivity index (χ2v) is 8.73. The molecule has 0 aromatic heterocycles. The molecule has 0 aliphatic rings. The largest absolute Gasteiger partial charge is 0.496 e. The van der Waals surface area contributed by atoms with Crippen molar-refractivity contribution < 1.29 is 23.6 Å². The molecule has 0 saturated carbocycles. The summed E-state index contributed by atoms with van der Waals surface area (Å²) in [6.45, 7) is 5.72. The van der Waals surface area contributed by atoms with Crippen molar-refractivity contribution in [3.05, 3.63) is 88.0 Å². The van der Waals surface area contributed by atoms with Crippen LogP contribution in [-0.2, 0) is 4.57 Å². The van der Waals surface area contributed by atoms with Crippen LogP contribution in [0.15, 0.2) is 54.6 Å². The Morgan fingerprint density at radius 3 is 1.87 bits per heavy atom. The highest BCUT2D eigenvalue weighted by atomic mass is 31.1. The summed E-state index contributed by atoms with van der Waals surface area (Å²) in [6, 6.07) is 15.3. The molecule has 1 atom stereocenters. The van der Waals surface area contributed by atoms with E-state index in [1.165, 1.54) is 14.2 Å². The number of benzene rings is 3. The van der Waals surface area contributed by atoms with Gasteiger partial charge in [-0.05, 0) is 56.2 Å². The highest BCUT2D eigenvalue weighted by molar-refractivity contribution is 7.71. The molecule has 0 amide bonds. The lowest BCUT2D eigenvalue weighted by molar-refractivity contribution is 0.103. The summed E-state index contributed by atoms with van der Waals surface area (Å²) < 4.78 is 24.0. The SMILES string of the molecule is COc1cccc(OC)c1C(=O)[P](=O)c1ccccc1C(=O)c1c(C)cc(C)cc1C. The fourth-order valence-electron chi connectivity index (χ4n) is 3.79. The zero-order valence-electron chi connectivity index (χ0n) is 18.2. The number of aryl methyl sites for hydroxylation is 3. The summed E-state index contributed by atoms with van der Waals surface area (Å²) in [7, 11) is 0.263. The molecule has 159 valence electrons. The topological polar surface area (TPSA) is 69.7 Å². The first-order chi connectivity index (χ1) is 14.8. The van der Waals surface area contributed by atoms with Crippen LogP contribution in [0.5, 0.6) is 11.5 Å². The predicted molar refractivity (Wildman–Crippen MR) is 122 cm³/mol. The summed E-state index contributed by atoms with van der Waals surface area (Å²) >= 11 is 0. The van der Waals surface area contributed by atoms with Gasteiger partial charge in [-0.3, -0.25) is 14.2 Å². The van der Waals surface area contributed by atoms with Crippen molar-refractivity contribution in [1.82, 2.24) is 0 Å². The quantitative estimate of drug-likeness (QED) is 0.379. The van der Waals surface area contributed by atoms with E-state index in [9.17, 15) is 14.2 Å². The van der Waals surface area contributed by atoms with E-state index in [-0.39, 0.29) is 33.7 Å². The number of methoxy groups -OCH3 is 2. The average Bonchev–Trinajstić information content (AvgIpc) is 2.76. The Hall–Kier alpha value is -3.30. The minimum atomic E-state index is -2.60. The van der Waals surface area contributed by atoms with Gasteiger partial charge in [-0.2, -0.15) is 0 Å². The van der Waals surface area contributed by atoms with Gasteiger partial charge in [0.05, 0.1) is 19.5 Å². The average molecular weight is 435 g/mol. The standard InChI is InChI=1S/C25H24O5P/c1-15-13-16(2)22(17(3)14-15)24(26)18-9-6-7-12-21(18)31(28)25(27)23-19(29-4)10-8-11-20(23)30-5/h6-14H,1-5H3. The first-order valence-electron chi connectivity index (χ1n) is 9.74. The van der Waals surface area contributed by atoms with Crippen LogP contribution in [0.3, 0.4) is 0 Å². The number of ether oxygens (including phenoxy) is 2. The van der Waals surface area contributed by atoms with Crippen molar-refractivity contribution in [1.29, 1.82) is 0 Å². The van der Waals surface area contributed by atoms with Crippen molar-refractivity contribution in [3.8, 4) is 11.5 Å². The number of ketones is 1. The first kappa shape index (κ1) is 22.4. The van der Waals surface area contributed by atoms with Gasteiger partial charge in [-0.1, -0.05) is 35.9 Å². The fourth-order valence-corrected chi connectivity index (χ4v) is 5.05. The molecule has 0 bridgehead atoms. The van der Waals surface area contributed by atoms with E-state index in [0.29, 0.717) is 5.56 Å². The van der Waals surface area contributed by atoms with Gasteiger partial charge in [-0.25, -0.2) is 0 Å². The van der Waals surface area contributed by atoms with E-state index in [4.69, 9.17) is 9.47 Å². The summed E-state index contributed by atoms with van der Waals surface area (Å²) in [6.07, 6.45) is 0. The Bertz CT molecular complexity index is 1150. The zero-order chi connectivity index (χ0) is 22.7. The molecule has 0 aliphatic heterocycles. The molecule has 0 N–H and O–H groups in total. The fraction of sp³-hybridized carbons (Fsp3) is 0.200. The van der Waals surface area contributed by atoms with Crippen molar-refractivity contribution in [2.75, 3.05) is 14.2 Å². The normalized spacial score (nSPS) is 11.1. The Morgan fingerprint density at radius 1 is 0.774 bits per heavy atom. The molecule has 1 radical (unpaired) electrons. The molecular formula is C25H24O5P. The van der Waals surface area contributed by atoms with E-state index in [1.807, 2.05) is 32.9 Å². The zero-order valence-corrected chi connectivity index (χ0v) is 19.1. The lowest BCUT2D eigenvalue weighted by Crippen LogP contribution is -2.18. The van der Waals surface area contributed by atoms with Gasteiger partial charge in [0, 0.05) is 11.1 Å². The second kappa shape index (κ2) is 9.23. The number of carbonyl (C=O) groups excluding carboxylic acids is 2. The van der Waals surface area contributed by atoms with Crippen LogP contribution in [-0.4, -0.2) is 25.5 Å². The maximum Gasteiger partial charge on any atom is 0.254 e. The molecule has 3 rings (SSSR count). The molecule has 0 spiro atoms. The molecule has 0 saturated heterocycles. The smallest absolute Gasteiger partial charge is 0.254 e. The number of hydrogen-bond acceptors (Lipinski definition) is 5. The Kier molecular flexibility index (Phi) is 6.67. The van der Waals surface area contributed by atoms with Gasteiger partial charge in [0.1, 0.15) is 17.1 Å². The first-order valence-corrected chi connectivity index (χ1v) is 11.0. The maximum atomic E-state index is 13.4. The van der Waals surface area contributed by atoms with E-state index in [0.717, 1.165) is 16.7 Å². The van der Waals surface area contributed by atoms with Crippen molar-refractivity contribution in [2.24, 2.45) is 0 Å². The van der Waals surface area contributed by atoms with Crippen LogP contribution in [0, 0.1) is 20.8 Å². The Morgan fingerprint density at radius 2 is 1.32 bits per heavy atom. The van der Waals surface area contributed by atoms with E-state index < -0.39 is 13.3 Å². The van der Waals surface area contributed by atoms with Gasteiger partial charge in [-0.15, -0.1) is 0 Å². The highest BCUT2D eigenvalue weighted by Gasteiger charge is 2.29. The summed E-state index contributed by atoms with van der Waals surface area (Å²) in [5.74, 6) is 0.275. The second-order valence-electron chi connectivity index (χ2n) is 7.26. The van der Waals surface area contributed by atoms with Crippen LogP contribution in [0.2, 0.25) is 0 Å². The Labute approximate surface area is 182 Å².